The van der Waals surface area contributed by atoms with Crippen LogP contribution in [0.25, 0.3) is 9.81 Å². The molecular formula is C25H22S. The molecule has 1 aliphatic rings. The predicted molar refractivity (Wildman–Crippen MR) is 115 cm³/mol. The first kappa shape index (κ1) is 16.9. The van der Waals surface area contributed by atoms with Crippen LogP contribution in [0.2, 0.25) is 0 Å². The summed E-state index contributed by atoms with van der Waals surface area (Å²) in [6.07, 6.45) is 4.81. The molecule has 0 radical (unpaired) electrons. The van der Waals surface area contributed by atoms with Crippen LogP contribution in [0.3, 0.4) is 0 Å². The summed E-state index contributed by atoms with van der Waals surface area (Å²) in [5, 5.41) is 0. The van der Waals surface area contributed by atoms with Crippen molar-refractivity contribution in [3.63, 3.8) is 0 Å². The number of aryl methyl sites for hydroxylation is 1. The van der Waals surface area contributed by atoms with Crippen molar-refractivity contribution < 1.29 is 0 Å². The summed E-state index contributed by atoms with van der Waals surface area (Å²) in [5.74, 6) is 0. The molecule has 4 rings (SSSR count). The summed E-state index contributed by atoms with van der Waals surface area (Å²) in [4.78, 5) is 2.63. The minimum absolute atomic E-state index is 0.130. The van der Waals surface area contributed by atoms with Crippen LogP contribution in [0.1, 0.15) is 29.2 Å². The number of benzene rings is 3. The predicted octanol–water partition coefficient (Wildman–Crippen LogP) is 7.08. The Kier molecular flexibility index (Phi) is 4.57. The summed E-state index contributed by atoms with van der Waals surface area (Å²) in [6, 6.07) is 30.3. The van der Waals surface area contributed by atoms with Gasteiger partial charge < -0.3 is 0 Å². The van der Waals surface area contributed by atoms with E-state index in [1.807, 2.05) is 11.8 Å². The van der Waals surface area contributed by atoms with Gasteiger partial charge in [-0.05, 0) is 30.5 Å². The van der Waals surface area contributed by atoms with Gasteiger partial charge in [0.15, 0.2) is 0 Å². The Hall–Kier alpha value is -2.51. The Balaban J connectivity index is 1.85. The molecule has 1 heteroatoms. The average molecular weight is 355 g/mol. The lowest BCUT2D eigenvalue weighted by atomic mass is 9.80. The third-order valence-corrected chi connectivity index (χ3v) is 6.02. The van der Waals surface area contributed by atoms with E-state index in [0.717, 1.165) is 0 Å². The number of rotatable bonds is 3. The summed E-state index contributed by atoms with van der Waals surface area (Å²) in [7, 11) is 0. The van der Waals surface area contributed by atoms with Gasteiger partial charge in [-0.2, -0.15) is 0 Å². The van der Waals surface area contributed by atoms with Crippen molar-refractivity contribution in [2.45, 2.75) is 19.3 Å². The monoisotopic (exact) mass is 354 g/mol. The molecule has 3 aromatic carbocycles. The molecule has 0 bridgehead atoms. The van der Waals surface area contributed by atoms with Crippen molar-refractivity contribution in [1.82, 2.24) is 0 Å². The van der Waals surface area contributed by atoms with Gasteiger partial charge in [0.2, 0.25) is 0 Å². The second-order valence-electron chi connectivity index (χ2n) is 7.00. The first-order chi connectivity index (χ1) is 12.6. The lowest BCUT2D eigenvalue weighted by molar-refractivity contribution is 0.762. The fraction of sp³-hybridized carbons (Fsp3) is 0.120. The highest BCUT2D eigenvalue weighted by Crippen LogP contribution is 2.48. The van der Waals surface area contributed by atoms with E-state index in [1.165, 1.54) is 32.1 Å². The van der Waals surface area contributed by atoms with E-state index in [9.17, 15) is 0 Å². The minimum Gasteiger partial charge on any atom is -0.0894 e. The highest BCUT2D eigenvalue weighted by molar-refractivity contribution is 8.16. The molecule has 0 saturated carbocycles. The third-order valence-electron chi connectivity index (χ3n) is 4.87. The standard InChI is InChI=1S/C25H22S/c1-19-13-15-22(16-14-19)25(2)17-23(20-9-5-3-6-10-20)26-24(18-25)21-11-7-4-8-12-21/h3-18H,1-2H3. The van der Waals surface area contributed by atoms with Crippen LogP contribution in [0.15, 0.2) is 97.1 Å². The van der Waals surface area contributed by atoms with Gasteiger partial charge in [-0.3, -0.25) is 0 Å². The number of hydrogen-bond acceptors (Lipinski definition) is 1. The highest BCUT2D eigenvalue weighted by atomic mass is 32.2. The third kappa shape index (κ3) is 3.40. The Bertz CT molecular complexity index is 893. The number of hydrogen-bond donors (Lipinski definition) is 0. The van der Waals surface area contributed by atoms with Gasteiger partial charge in [-0.25, -0.2) is 0 Å². The van der Waals surface area contributed by atoms with Crippen molar-refractivity contribution in [1.29, 1.82) is 0 Å². The first-order valence-electron chi connectivity index (χ1n) is 8.96. The van der Waals surface area contributed by atoms with Crippen molar-refractivity contribution in [2.24, 2.45) is 0 Å². The molecule has 0 amide bonds. The molecule has 0 fully saturated rings. The second-order valence-corrected chi connectivity index (χ2v) is 8.08. The van der Waals surface area contributed by atoms with E-state index in [-0.39, 0.29) is 5.41 Å². The van der Waals surface area contributed by atoms with E-state index in [1.54, 1.807) is 0 Å². The zero-order chi connectivity index (χ0) is 18.0. The lowest BCUT2D eigenvalue weighted by Gasteiger charge is -2.30. The molecule has 0 N–H and O–H groups in total. The van der Waals surface area contributed by atoms with Crippen molar-refractivity contribution >= 4 is 21.6 Å². The fourth-order valence-corrected chi connectivity index (χ4v) is 4.68. The first-order valence-corrected chi connectivity index (χ1v) is 9.77. The Labute approximate surface area is 160 Å². The normalized spacial score (nSPS) is 15.9. The molecule has 3 aromatic rings. The van der Waals surface area contributed by atoms with E-state index in [4.69, 9.17) is 0 Å². The second kappa shape index (κ2) is 7.01. The summed E-state index contributed by atoms with van der Waals surface area (Å²) < 4.78 is 0. The van der Waals surface area contributed by atoms with Crippen LogP contribution in [0, 0.1) is 6.92 Å². The average Bonchev–Trinajstić information content (AvgIpc) is 2.69. The molecule has 128 valence electrons. The number of allylic oxidation sites excluding steroid dienone is 2. The summed E-state index contributed by atoms with van der Waals surface area (Å²) in [6.45, 7) is 4.45. The molecule has 0 atom stereocenters. The van der Waals surface area contributed by atoms with E-state index in [2.05, 4.69) is 111 Å². The van der Waals surface area contributed by atoms with Crippen molar-refractivity contribution in [2.75, 3.05) is 0 Å². The SMILES string of the molecule is Cc1ccc(C2(C)C=C(c3ccccc3)SC(c3ccccc3)=C2)cc1. The van der Waals surface area contributed by atoms with Crippen molar-refractivity contribution in [3.05, 3.63) is 119 Å². The van der Waals surface area contributed by atoms with Gasteiger partial charge >= 0.3 is 0 Å². The molecule has 0 spiro atoms. The molecule has 26 heavy (non-hydrogen) atoms. The summed E-state index contributed by atoms with van der Waals surface area (Å²) >= 11 is 1.86. The Morgan fingerprint density at radius 1 is 0.615 bits per heavy atom. The largest absolute Gasteiger partial charge is 0.0894 e. The van der Waals surface area contributed by atoms with Crippen molar-refractivity contribution in [3.8, 4) is 0 Å². The molecule has 0 saturated heterocycles. The maximum absolute atomic E-state index is 2.41. The van der Waals surface area contributed by atoms with E-state index >= 15 is 0 Å². The van der Waals surface area contributed by atoms with Crippen LogP contribution < -0.4 is 0 Å². The lowest BCUT2D eigenvalue weighted by Crippen LogP contribution is -2.19. The Morgan fingerprint density at radius 2 is 1.08 bits per heavy atom. The fourth-order valence-electron chi connectivity index (χ4n) is 3.33. The zero-order valence-electron chi connectivity index (χ0n) is 15.1. The van der Waals surface area contributed by atoms with Gasteiger partial charge in [0, 0.05) is 15.2 Å². The highest BCUT2D eigenvalue weighted by Gasteiger charge is 2.28. The molecule has 0 nitrogen and oxygen atoms in total. The van der Waals surface area contributed by atoms with Crippen LogP contribution >= 0.6 is 11.8 Å². The van der Waals surface area contributed by atoms with Crippen LogP contribution in [-0.4, -0.2) is 0 Å². The molecule has 0 aromatic heterocycles. The van der Waals surface area contributed by atoms with E-state index in [0.29, 0.717) is 0 Å². The topological polar surface area (TPSA) is 0 Å². The summed E-state index contributed by atoms with van der Waals surface area (Å²) in [5.41, 5.74) is 5.04. The molecular weight excluding hydrogens is 332 g/mol. The van der Waals surface area contributed by atoms with Crippen LogP contribution in [-0.2, 0) is 5.41 Å². The maximum atomic E-state index is 2.41. The Morgan fingerprint density at radius 3 is 1.54 bits per heavy atom. The van der Waals surface area contributed by atoms with Gasteiger partial charge in [-0.15, -0.1) is 0 Å². The molecule has 0 aliphatic carbocycles. The quantitative estimate of drug-likeness (QED) is 0.484. The minimum atomic E-state index is -0.130. The van der Waals surface area contributed by atoms with Gasteiger partial charge in [0.25, 0.3) is 0 Å². The smallest absolute Gasteiger partial charge is 0.0311 e. The van der Waals surface area contributed by atoms with Crippen LogP contribution in [0.4, 0.5) is 0 Å². The maximum Gasteiger partial charge on any atom is 0.0311 e. The van der Waals surface area contributed by atoms with Gasteiger partial charge in [-0.1, -0.05) is 114 Å². The molecule has 0 unspecified atom stereocenters. The van der Waals surface area contributed by atoms with Gasteiger partial charge in [0.1, 0.15) is 0 Å². The molecule has 1 aliphatic heterocycles. The molecule has 1 heterocycles. The van der Waals surface area contributed by atoms with Crippen LogP contribution in [0.5, 0.6) is 0 Å². The number of thioether (sulfide) groups is 1. The van der Waals surface area contributed by atoms with Gasteiger partial charge in [0.05, 0.1) is 0 Å². The van der Waals surface area contributed by atoms with E-state index < -0.39 is 0 Å². The zero-order valence-corrected chi connectivity index (χ0v) is 16.0.